The lowest BCUT2D eigenvalue weighted by Crippen LogP contribution is -2.66. The zero-order valence-electron chi connectivity index (χ0n) is 29.5. The summed E-state index contributed by atoms with van der Waals surface area (Å²) in [5, 5.41) is 14.1. The fraction of sp³-hybridized carbons (Fsp3) is 0.846. The first-order chi connectivity index (χ1) is 21.1. The molecule has 0 radical (unpaired) electrons. The number of amides is 1. The Morgan fingerprint density at radius 3 is 2.44 bits per heavy atom. The number of ketones is 1. The summed E-state index contributed by atoms with van der Waals surface area (Å²) in [6, 6.07) is 0. The van der Waals surface area contributed by atoms with Gasteiger partial charge >= 0.3 is 0 Å². The summed E-state index contributed by atoms with van der Waals surface area (Å²) in [5.41, 5.74) is 1.21. The number of carbonyl (C=O) groups excluding carboxylic acids is 2. The van der Waals surface area contributed by atoms with Crippen LogP contribution in [0, 0.1) is 50.2 Å². The highest BCUT2D eigenvalue weighted by molar-refractivity contribution is 5.95. The summed E-state index contributed by atoms with van der Waals surface area (Å²) in [4.78, 5) is 29.8. The van der Waals surface area contributed by atoms with Gasteiger partial charge in [-0.2, -0.15) is 0 Å². The van der Waals surface area contributed by atoms with Crippen LogP contribution < -0.4 is 5.32 Å². The third-order valence-electron chi connectivity index (χ3n) is 15.3. The number of fused-ring (bicyclic) bond motifs is 7. The number of aliphatic hydroxyl groups excluding tert-OH is 1. The summed E-state index contributed by atoms with van der Waals surface area (Å²) in [7, 11) is 0. The molecule has 5 aliphatic carbocycles. The molecule has 1 aliphatic heterocycles. The van der Waals surface area contributed by atoms with Crippen LogP contribution in [0.25, 0.3) is 0 Å². The van der Waals surface area contributed by atoms with Crippen molar-refractivity contribution in [3.05, 3.63) is 23.8 Å². The second kappa shape index (κ2) is 11.6. The van der Waals surface area contributed by atoms with Gasteiger partial charge < -0.3 is 15.2 Å². The van der Waals surface area contributed by atoms with Gasteiger partial charge in [0.2, 0.25) is 5.91 Å². The Morgan fingerprint density at radius 2 is 1.71 bits per heavy atom. The number of nitrogens with one attached hydrogen (secondary N) is 1. The number of morpholine rings is 1. The molecule has 1 amide bonds. The topological polar surface area (TPSA) is 78.9 Å². The summed E-state index contributed by atoms with van der Waals surface area (Å²) >= 11 is 0. The van der Waals surface area contributed by atoms with Crippen molar-refractivity contribution in [2.24, 2.45) is 50.2 Å². The van der Waals surface area contributed by atoms with E-state index >= 15 is 0 Å². The molecule has 0 aromatic carbocycles. The SMILES string of the molecule is CC1(C)[C@@H](O)CC[C@]2(C)[C@H]3C(=O)C=C4[C@@H]5C[C@@](C)(/C=C/C(=O)NCCCN6CCOCC6)CC[C@]5(C)CC[C@@]4(C)[C@]3(C)CC[C@@H]12. The quantitative estimate of drug-likeness (QED) is 0.254. The predicted octanol–water partition coefficient (Wildman–Crippen LogP) is 6.72. The normalized spacial score (nSPS) is 46.4. The van der Waals surface area contributed by atoms with Crippen LogP contribution in [0.3, 0.4) is 0 Å². The molecule has 252 valence electrons. The fourth-order valence-corrected chi connectivity index (χ4v) is 12.0. The Bertz CT molecular complexity index is 1240. The van der Waals surface area contributed by atoms with Crippen molar-refractivity contribution >= 4 is 11.7 Å². The maximum Gasteiger partial charge on any atom is 0.243 e. The van der Waals surface area contributed by atoms with E-state index in [-0.39, 0.29) is 50.4 Å². The number of aliphatic hydroxyl groups is 1. The van der Waals surface area contributed by atoms with Gasteiger partial charge in [0.1, 0.15) is 0 Å². The van der Waals surface area contributed by atoms with Gasteiger partial charge in [0, 0.05) is 25.6 Å². The number of rotatable bonds is 6. The van der Waals surface area contributed by atoms with Crippen molar-refractivity contribution in [2.45, 2.75) is 119 Å². The first-order valence-electron chi connectivity index (χ1n) is 18.3. The average molecular weight is 623 g/mol. The summed E-state index contributed by atoms with van der Waals surface area (Å²) in [6.07, 6.45) is 16.2. The van der Waals surface area contributed by atoms with Gasteiger partial charge in [0.15, 0.2) is 5.78 Å². The lowest BCUT2D eigenvalue weighted by molar-refractivity contribution is -0.202. The molecule has 2 N–H and O–H groups in total. The molecule has 1 saturated heterocycles. The molecule has 0 bridgehead atoms. The van der Waals surface area contributed by atoms with E-state index < -0.39 is 0 Å². The largest absolute Gasteiger partial charge is 0.393 e. The van der Waals surface area contributed by atoms with Gasteiger partial charge in [-0.1, -0.05) is 60.1 Å². The highest BCUT2D eigenvalue weighted by atomic mass is 16.5. The Morgan fingerprint density at radius 1 is 1.00 bits per heavy atom. The molecule has 0 aromatic heterocycles. The van der Waals surface area contributed by atoms with Crippen LogP contribution in [0.1, 0.15) is 113 Å². The van der Waals surface area contributed by atoms with Crippen molar-refractivity contribution in [3.8, 4) is 0 Å². The van der Waals surface area contributed by atoms with Crippen LogP contribution in [0.2, 0.25) is 0 Å². The fourth-order valence-electron chi connectivity index (χ4n) is 12.0. The molecule has 9 atom stereocenters. The summed E-state index contributed by atoms with van der Waals surface area (Å²) < 4.78 is 5.44. The standard InChI is InChI=1S/C39H62N2O4/c1-34(2)30-9-14-39(7)33(37(30,5)13-10-31(34)43)29(42)25-27-28-26-35(3,15-16-36(28,4)17-18-38(27,39)6)12-11-32(44)40-19-8-20-41-21-23-45-24-22-41/h11-12,25,28,30-31,33,43H,8-10,13-24,26H2,1-7H3,(H,40,44)/b12-11+/t28-,30-,31-,33+,35-,36+,37-,38+,39+/m0/s1. The van der Waals surface area contributed by atoms with Crippen molar-refractivity contribution < 1.29 is 19.4 Å². The average Bonchev–Trinajstić information content (AvgIpc) is 2.99. The van der Waals surface area contributed by atoms with Crippen LogP contribution in [0.15, 0.2) is 23.8 Å². The van der Waals surface area contributed by atoms with Gasteiger partial charge in [-0.05, 0) is 127 Å². The minimum Gasteiger partial charge on any atom is -0.393 e. The second-order valence-corrected chi connectivity index (χ2v) is 18.2. The summed E-state index contributed by atoms with van der Waals surface area (Å²) in [6.45, 7) is 21.9. The van der Waals surface area contributed by atoms with Gasteiger partial charge in [-0.3, -0.25) is 14.5 Å². The van der Waals surface area contributed by atoms with Crippen molar-refractivity contribution in [1.82, 2.24) is 10.2 Å². The van der Waals surface area contributed by atoms with Crippen LogP contribution in [-0.2, 0) is 14.3 Å². The molecular weight excluding hydrogens is 560 g/mol. The van der Waals surface area contributed by atoms with E-state index in [0.717, 1.165) is 90.6 Å². The Balaban J connectivity index is 1.20. The van der Waals surface area contributed by atoms with Crippen LogP contribution in [0.5, 0.6) is 0 Å². The second-order valence-electron chi connectivity index (χ2n) is 18.2. The van der Waals surface area contributed by atoms with Gasteiger partial charge in [-0.25, -0.2) is 0 Å². The maximum absolute atomic E-state index is 14.5. The van der Waals surface area contributed by atoms with Crippen molar-refractivity contribution in [3.63, 3.8) is 0 Å². The minimum atomic E-state index is -0.291. The molecule has 45 heavy (non-hydrogen) atoms. The molecule has 6 aliphatic rings. The minimum absolute atomic E-state index is 0.00737. The zero-order valence-corrected chi connectivity index (χ0v) is 29.5. The Hall–Kier alpha value is -1.50. The van der Waals surface area contributed by atoms with Crippen LogP contribution in [-0.4, -0.2) is 67.2 Å². The molecule has 0 aromatic rings. The molecule has 6 heteroatoms. The molecule has 6 rings (SSSR count). The monoisotopic (exact) mass is 622 g/mol. The van der Waals surface area contributed by atoms with E-state index in [0.29, 0.717) is 24.2 Å². The molecule has 5 fully saturated rings. The van der Waals surface area contributed by atoms with Crippen LogP contribution in [0.4, 0.5) is 0 Å². The number of hydrogen-bond acceptors (Lipinski definition) is 5. The molecule has 1 heterocycles. The lowest BCUT2D eigenvalue weighted by Gasteiger charge is -2.70. The highest BCUT2D eigenvalue weighted by Crippen LogP contribution is 2.75. The number of allylic oxidation sites excluding steroid dienone is 3. The number of ether oxygens (including phenoxy) is 1. The molecule has 4 saturated carbocycles. The molecule has 0 spiro atoms. The van der Waals surface area contributed by atoms with Crippen molar-refractivity contribution in [1.29, 1.82) is 0 Å². The predicted molar refractivity (Wildman–Crippen MR) is 179 cm³/mol. The highest BCUT2D eigenvalue weighted by Gasteiger charge is 2.70. The Kier molecular flexibility index (Phi) is 8.60. The molecule has 6 nitrogen and oxygen atoms in total. The smallest absolute Gasteiger partial charge is 0.243 e. The van der Waals surface area contributed by atoms with Gasteiger partial charge in [0.05, 0.1) is 19.3 Å². The number of nitrogens with zero attached hydrogens (tertiary/aromatic N) is 1. The first kappa shape index (κ1) is 33.4. The number of hydrogen-bond donors (Lipinski definition) is 2. The van der Waals surface area contributed by atoms with E-state index in [1.807, 2.05) is 0 Å². The number of carbonyl (C=O) groups is 2. The van der Waals surface area contributed by atoms with E-state index in [1.54, 1.807) is 6.08 Å². The lowest BCUT2D eigenvalue weighted by atomic mass is 9.33. The van der Waals surface area contributed by atoms with Gasteiger partial charge in [-0.15, -0.1) is 0 Å². The third-order valence-corrected chi connectivity index (χ3v) is 15.3. The van der Waals surface area contributed by atoms with E-state index in [4.69, 9.17) is 4.74 Å². The molecular formula is C39H62N2O4. The van der Waals surface area contributed by atoms with Gasteiger partial charge in [0.25, 0.3) is 0 Å². The van der Waals surface area contributed by atoms with Crippen molar-refractivity contribution in [2.75, 3.05) is 39.4 Å². The zero-order chi connectivity index (χ0) is 32.5. The van der Waals surface area contributed by atoms with E-state index in [9.17, 15) is 14.7 Å². The summed E-state index contributed by atoms with van der Waals surface area (Å²) in [5.74, 6) is 1.08. The van der Waals surface area contributed by atoms with Crippen LogP contribution >= 0.6 is 0 Å². The Labute approximate surface area is 273 Å². The first-order valence-corrected chi connectivity index (χ1v) is 18.3. The van der Waals surface area contributed by atoms with E-state index in [2.05, 4.69) is 70.8 Å². The third kappa shape index (κ3) is 5.41. The maximum atomic E-state index is 14.5. The van der Waals surface area contributed by atoms with E-state index in [1.165, 1.54) is 12.0 Å². The molecule has 0 unspecified atom stereocenters.